The van der Waals surface area contributed by atoms with Crippen molar-refractivity contribution in [2.24, 2.45) is 16.8 Å². The lowest BCUT2D eigenvalue weighted by atomic mass is 9.82. The minimum atomic E-state index is -0.508. The molecule has 238 valence electrons. The first-order chi connectivity index (χ1) is 21.6. The molecule has 0 saturated carbocycles. The number of carbonyl (C=O) groups excluding carboxylic acids is 2. The van der Waals surface area contributed by atoms with Gasteiger partial charge in [0.1, 0.15) is 11.4 Å². The SMILES string of the molecule is C/C=C1\c2cc3ccccc3cc2N=C(C(C)C(C(=O)N2CCC(CCNC(=O)OC(C)(C)C)CC2)c2ccccc2)N1CC. The highest BCUT2D eigenvalue weighted by Crippen LogP contribution is 2.41. The van der Waals surface area contributed by atoms with E-state index in [2.05, 4.69) is 85.6 Å². The van der Waals surface area contributed by atoms with Crippen molar-refractivity contribution in [1.82, 2.24) is 15.1 Å². The second kappa shape index (κ2) is 13.9. The van der Waals surface area contributed by atoms with E-state index in [1.54, 1.807) is 0 Å². The number of carbonyl (C=O) groups is 2. The molecule has 0 aliphatic carbocycles. The molecule has 45 heavy (non-hydrogen) atoms. The Hall–Kier alpha value is -4.13. The van der Waals surface area contributed by atoms with Crippen LogP contribution in [0.2, 0.25) is 0 Å². The summed E-state index contributed by atoms with van der Waals surface area (Å²) < 4.78 is 5.36. The van der Waals surface area contributed by atoms with Crippen LogP contribution >= 0.6 is 0 Å². The molecule has 7 nitrogen and oxygen atoms in total. The van der Waals surface area contributed by atoms with Crippen molar-refractivity contribution in [2.45, 2.75) is 72.3 Å². The fourth-order valence-corrected chi connectivity index (χ4v) is 6.76. The number of rotatable bonds is 8. The molecule has 0 aromatic heterocycles. The first-order valence-electron chi connectivity index (χ1n) is 16.5. The smallest absolute Gasteiger partial charge is 0.407 e. The standard InChI is InChI=1S/C38H48N4O3/c1-7-33-31-24-29-16-12-13-17-30(29)25-32(31)40-35(42(33)8-2)26(3)34(28-14-10-9-11-15-28)36(43)41-22-19-27(20-23-41)18-21-39-37(44)45-38(4,5)6/h7,9-17,24-27,34H,8,18-23H2,1-6H3,(H,39,44)/b33-7+. The normalized spacial score (nSPS) is 17.9. The minimum absolute atomic E-state index is 0.148. The number of hydrogen-bond acceptors (Lipinski definition) is 5. The summed E-state index contributed by atoms with van der Waals surface area (Å²) >= 11 is 0. The van der Waals surface area contributed by atoms with Crippen LogP contribution < -0.4 is 5.32 Å². The Kier molecular flexibility index (Phi) is 9.96. The molecule has 0 radical (unpaired) electrons. The summed E-state index contributed by atoms with van der Waals surface area (Å²) in [5.74, 6) is 1.04. The predicted molar refractivity (Wildman–Crippen MR) is 184 cm³/mol. The molecule has 7 heteroatoms. The summed E-state index contributed by atoms with van der Waals surface area (Å²) in [6.07, 6.45) is 4.51. The lowest BCUT2D eigenvalue weighted by Crippen LogP contribution is -2.46. The van der Waals surface area contributed by atoms with Gasteiger partial charge in [-0.15, -0.1) is 0 Å². The largest absolute Gasteiger partial charge is 0.444 e. The lowest BCUT2D eigenvalue weighted by Gasteiger charge is -2.40. The molecule has 2 atom stereocenters. The van der Waals surface area contributed by atoms with E-state index in [0.29, 0.717) is 25.6 Å². The fourth-order valence-electron chi connectivity index (χ4n) is 6.76. The summed E-state index contributed by atoms with van der Waals surface area (Å²) in [5.41, 5.74) is 3.72. The third-order valence-corrected chi connectivity index (χ3v) is 9.01. The molecular weight excluding hydrogens is 560 g/mol. The molecular formula is C38H48N4O3. The van der Waals surface area contributed by atoms with Crippen LogP contribution in [-0.2, 0) is 9.53 Å². The molecule has 3 aromatic carbocycles. The quantitative estimate of drug-likeness (QED) is 0.280. The Morgan fingerprint density at radius 1 is 1.02 bits per heavy atom. The van der Waals surface area contributed by atoms with E-state index in [9.17, 15) is 9.59 Å². The van der Waals surface area contributed by atoms with Crippen LogP contribution in [0.15, 0.2) is 77.8 Å². The number of allylic oxidation sites excluding steroid dienone is 1. The molecule has 2 aliphatic rings. The van der Waals surface area contributed by atoms with Crippen molar-refractivity contribution in [1.29, 1.82) is 0 Å². The Balaban J connectivity index is 1.36. The van der Waals surface area contributed by atoms with E-state index in [1.165, 1.54) is 5.39 Å². The van der Waals surface area contributed by atoms with Crippen LogP contribution in [0.4, 0.5) is 10.5 Å². The van der Waals surface area contributed by atoms with Crippen LogP contribution in [0.1, 0.15) is 77.8 Å². The average molecular weight is 609 g/mol. The van der Waals surface area contributed by atoms with E-state index < -0.39 is 5.60 Å². The van der Waals surface area contributed by atoms with Gasteiger partial charge >= 0.3 is 6.09 Å². The maximum absolute atomic E-state index is 14.5. The summed E-state index contributed by atoms with van der Waals surface area (Å²) in [7, 11) is 0. The number of nitrogens with one attached hydrogen (secondary N) is 1. The van der Waals surface area contributed by atoms with Gasteiger partial charge in [-0.25, -0.2) is 9.79 Å². The second-order valence-electron chi connectivity index (χ2n) is 13.3. The lowest BCUT2D eigenvalue weighted by molar-refractivity contribution is -0.135. The van der Waals surface area contributed by atoms with Gasteiger partial charge in [-0.2, -0.15) is 0 Å². The molecule has 0 spiro atoms. The number of nitrogens with zero attached hydrogens (tertiary/aromatic N) is 3. The van der Waals surface area contributed by atoms with Crippen molar-refractivity contribution in [3.63, 3.8) is 0 Å². The van der Waals surface area contributed by atoms with Crippen molar-refractivity contribution in [2.75, 3.05) is 26.2 Å². The van der Waals surface area contributed by atoms with Gasteiger partial charge in [-0.05, 0) is 88.3 Å². The van der Waals surface area contributed by atoms with E-state index in [4.69, 9.17) is 9.73 Å². The van der Waals surface area contributed by atoms with Crippen molar-refractivity contribution in [3.05, 3.63) is 83.9 Å². The number of amidine groups is 1. The Morgan fingerprint density at radius 2 is 1.67 bits per heavy atom. The third kappa shape index (κ3) is 7.41. The minimum Gasteiger partial charge on any atom is -0.444 e. The van der Waals surface area contributed by atoms with E-state index in [0.717, 1.165) is 59.5 Å². The number of amides is 2. The van der Waals surface area contributed by atoms with Crippen molar-refractivity contribution >= 4 is 40.0 Å². The Morgan fingerprint density at radius 3 is 2.29 bits per heavy atom. The number of alkyl carbamates (subject to hydrolysis) is 1. The van der Waals surface area contributed by atoms with Gasteiger partial charge in [0.25, 0.3) is 0 Å². The summed E-state index contributed by atoms with van der Waals surface area (Å²) in [6, 6.07) is 23.0. The van der Waals surface area contributed by atoms with Crippen LogP contribution in [0.5, 0.6) is 0 Å². The molecule has 2 amide bonds. The van der Waals surface area contributed by atoms with Crippen LogP contribution in [0.3, 0.4) is 0 Å². The average Bonchev–Trinajstić information content (AvgIpc) is 3.02. The predicted octanol–water partition coefficient (Wildman–Crippen LogP) is 8.14. The summed E-state index contributed by atoms with van der Waals surface area (Å²) in [5, 5.41) is 5.24. The van der Waals surface area contributed by atoms with Gasteiger partial charge in [-0.3, -0.25) is 4.79 Å². The number of ether oxygens (including phenoxy) is 1. The van der Waals surface area contributed by atoms with Crippen molar-refractivity contribution < 1.29 is 14.3 Å². The van der Waals surface area contributed by atoms with Crippen LogP contribution in [-0.4, -0.2) is 59.4 Å². The van der Waals surface area contributed by atoms with Gasteiger partial charge in [-0.1, -0.05) is 67.6 Å². The van der Waals surface area contributed by atoms with Crippen LogP contribution in [0, 0.1) is 11.8 Å². The molecule has 3 aromatic rings. The number of benzene rings is 3. The highest BCUT2D eigenvalue weighted by atomic mass is 16.6. The molecule has 0 bridgehead atoms. The third-order valence-electron chi connectivity index (χ3n) is 9.01. The maximum Gasteiger partial charge on any atom is 0.407 e. The van der Waals surface area contributed by atoms with Gasteiger partial charge in [0.15, 0.2) is 0 Å². The van der Waals surface area contributed by atoms with E-state index in [-0.39, 0.29) is 23.8 Å². The van der Waals surface area contributed by atoms with Gasteiger partial charge < -0.3 is 19.9 Å². The zero-order valence-electron chi connectivity index (χ0n) is 27.7. The number of likely N-dealkylation sites (tertiary alicyclic amines) is 1. The molecule has 1 saturated heterocycles. The van der Waals surface area contributed by atoms with E-state index in [1.807, 2.05) is 43.9 Å². The molecule has 2 aliphatic heterocycles. The first-order valence-corrected chi connectivity index (χ1v) is 16.5. The number of aliphatic imine (C=N–C) groups is 1. The highest BCUT2D eigenvalue weighted by Gasteiger charge is 2.38. The molecule has 1 fully saturated rings. The number of fused-ring (bicyclic) bond motifs is 2. The summed E-state index contributed by atoms with van der Waals surface area (Å²) in [6.45, 7) is 14.7. The topological polar surface area (TPSA) is 74.2 Å². The maximum atomic E-state index is 14.5. The van der Waals surface area contributed by atoms with Gasteiger partial charge in [0, 0.05) is 43.4 Å². The van der Waals surface area contributed by atoms with Crippen LogP contribution in [0.25, 0.3) is 16.5 Å². The highest BCUT2D eigenvalue weighted by molar-refractivity contribution is 6.04. The number of piperidine rings is 1. The number of hydrogen-bond donors (Lipinski definition) is 1. The van der Waals surface area contributed by atoms with E-state index >= 15 is 0 Å². The first kappa shape index (κ1) is 32.3. The Labute approximate surface area is 268 Å². The van der Waals surface area contributed by atoms with Crippen molar-refractivity contribution in [3.8, 4) is 0 Å². The monoisotopic (exact) mass is 608 g/mol. The van der Waals surface area contributed by atoms with Gasteiger partial charge in [0.05, 0.1) is 11.6 Å². The van der Waals surface area contributed by atoms with Gasteiger partial charge in [0.2, 0.25) is 5.91 Å². The summed E-state index contributed by atoms with van der Waals surface area (Å²) in [4.78, 5) is 36.1. The second-order valence-corrected chi connectivity index (χ2v) is 13.3. The zero-order chi connectivity index (χ0) is 32.1. The Bertz CT molecular complexity index is 1560. The zero-order valence-corrected chi connectivity index (χ0v) is 27.7. The molecule has 2 unspecified atom stereocenters. The molecule has 5 rings (SSSR count). The molecule has 1 N–H and O–H groups in total. The fraction of sp³-hybridized carbons (Fsp3) is 0.447. The molecule has 2 heterocycles.